The molecule has 116 valence electrons. The first-order valence-corrected chi connectivity index (χ1v) is 6.13. The number of carbonyl (C=O) groups is 1. The molecule has 5 N–H and O–H groups in total. The van der Waals surface area contributed by atoms with Gasteiger partial charge in [-0.3, -0.25) is 10.2 Å². The van der Waals surface area contributed by atoms with E-state index in [4.69, 9.17) is 11.6 Å². The minimum Gasteiger partial charge on any atom is -0.369 e. The Morgan fingerprint density at radius 1 is 1.48 bits per heavy atom. The summed E-state index contributed by atoms with van der Waals surface area (Å²) in [5.74, 6) is 4.31. The molecule has 2 heterocycles. The molecular formula is C11H15F3N6O. The zero-order valence-corrected chi connectivity index (χ0v) is 11.2. The second-order valence-corrected chi connectivity index (χ2v) is 5.17. The molecule has 7 nitrogen and oxygen atoms in total. The molecule has 1 fully saturated rings. The molecule has 0 radical (unpaired) electrons. The number of primary amides is 1. The van der Waals surface area contributed by atoms with Crippen molar-refractivity contribution in [3.8, 4) is 0 Å². The lowest BCUT2D eigenvalue weighted by Crippen LogP contribution is -2.37. The number of hydrazine groups is 1. The number of aromatic nitrogens is 2. The fraction of sp³-hybridized carbons (Fsp3) is 0.545. The quantitative estimate of drug-likeness (QED) is 0.553. The van der Waals surface area contributed by atoms with Crippen LogP contribution in [0.4, 0.5) is 24.9 Å². The third kappa shape index (κ3) is 2.99. The van der Waals surface area contributed by atoms with Crippen LogP contribution in [0, 0.1) is 5.41 Å². The predicted octanol–water partition coefficient (Wildman–Crippen LogP) is 0.483. The summed E-state index contributed by atoms with van der Waals surface area (Å²) in [6, 6.07) is 0.827. The van der Waals surface area contributed by atoms with Crippen LogP contribution in [0.5, 0.6) is 0 Å². The molecule has 0 aromatic carbocycles. The zero-order chi connectivity index (χ0) is 15.8. The van der Waals surface area contributed by atoms with Crippen LogP contribution < -0.4 is 21.9 Å². The van der Waals surface area contributed by atoms with Crippen LogP contribution in [0.15, 0.2) is 6.07 Å². The van der Waals surface area contributed by atoms with Gasteiger partial charge in [-0.05, 0) is 13.3 Å². The summed E-state index contributed by atoms with van der Waals surface area (Å²) in [6.07, 6.45) is -4.17. The lowest BCUT2D eigenvalue weighted by Gasteiger charge is -2.22. The maximum Gasteiger partial charge on any atom is 0.433 e. The van der Waals surface area contributed by atoms with E-state index in [0.717, 1.165) is 6.07 Å². The molecule has 1 amide bonds. The topological polar surface area (TPSA) is 110 Å². The van der Waals surface area contributed by atoms with Gasteiger partial charge in [-0.15, -0.1) is 0 Å². The molecule has 1 saturated heterocycles. The van der Waals surface area contributed by atoms with E-state index in [9.17, 15) is 18.0 Å². The van der Waals surface area contributed by atoms with Crippen LogP contribution in [0.2, 0.25) is 0 Å². The molecule has 1 unspecified atom stereocenters. The lowest BCUT2D eigenvalue weighted by atomic mass is 9.89. The van der Waals surface area contributed by atoms with Gasteiger partial charge >= 0.3 is 6.18 Å². The van der Waals surface area contributed by atoms with Crippen LogP contribution in [0.3, 0.4) is 0 Å². The Bertz CT molecular complexity index is 563. The largest absolute Gasteiger partial charge is 0.433 e. The molecule has 1 aromatic heterocycles. The average Bonchev–Trinajstić information content (AvgIpc) is 2.81. The molecule has 1 aliphatic heterocycles. The molecule has 21 heavy (non-hydrogen) atoms. The second-order valence-electron chi connectivity index (χ2n) is 5.17. The number of hydrogen-bond donors (Lipinski definition) is 3. The highest BCUT2D eigenvalue weighted by Crippen LogP contribution is 2.35. The Hall–Kier alpha value is -2.10. The van der Waals surface area contributed by atoms with E-state index in [1.54, 1.807) is 11.8 Å². The lowest BCUT2D eigenvalue weighted by molar-refractivity contribution is -0.141. The van der Waals surface area contributed by atoms with Gasteiger partial charge in [0.25, 0.3) is 0 Å². The fourth-order valence-corrected chi connectivity index (χ4v) is 2.16. The molecule has 0 bridgehead atoms. The maximum atomic E-state index is 12.8. The first-order chi connectivity index (χ1) is 9.65. The maximum absolute atomic E-state index is 12.8. The number of halogens is 3. The molecule has 1 aromatic rings. The number of nitrogen functional groups attached to an aromatic ring is 1. The van der Waals surface area contributed by atoms with Crippen LogP contribution in [0.25, 0.3) is 0 Å². The summed E-state index contributed by atoms with van der Waals surface area (Å²) in [7, 11) is 0. The van der Waals surface area contributed by atoms with Gasteiger partial charge in [0.2, 0.25) is 11.9 Å². The monoisotopic (exact) mass is 304 g/mol. The molecule has 2 rings (SSSR count). The average molecular weight is 304 g/mol. The number of carbonyl (C=O) groups excluding carboxylic acids is 1. The molecule has 10 heteroatoms. The first kappa shape index (κ1) is 15.3. The number of hydrogen-bond acceptors (Lipinski definition) is 6. The summed E-state index contributed by atoms with van der Waals surface area (Å²) in [6.45, 7) is 2.24. The van der Waals surface area contributed by atoms with Gasteiger partial charge < -0.3 is 10.6 Å². The van der Waals surface area contributed by atoms with Crippen molar-refractivity contribution in [3.63, 3.8) is 0 Å². The number of nitrogens with two attached hydrogens (primary N) is 2. The van der Waals surface area contributed by atoms with Crippen molar-refractivity contribution in [2.24, 2.45) is 17.0 Å². The van der Waals surface area contributed by atoms with Crippen LogP contribution in [0.1, 0.15) is 19.0 Å². The van der Waals surface area contributed by atoms with Crippen LogP contribution in [-0.4, -0.2) is 29.0 Å². The van der Waals surface area contributed by atoms with Gasteiger partial charge in [0.15, 0.2) is 5.69 Å². The molecule has 1 atom stereocenters. The predicted molar refractivity (Wildman–Crippen MR) is 69.0 cm³/mol. The highest BCUT2D eigenvalue weighted by atomic mass is 19.4. The Kier molecular flexibility index (Phi) is 3.66. The minimum atomic E-state index is -4.62. The van der Waals surface area contributed by atoms with E-state index in [0.29, 0.717) is 13.0 Å². The fourth-order valence-electron chi connectivity index (χ4n) is 2.16. The summed E-state index contributed by atoms with van der Waals surface area (Å²) in [5, 5.41) is 0. The summed E-state index contributed by atoms with van der Waals surface area (Å²) in [4.78, 5) is 20.1. The highest BCUT2D eigenvalue weighted by molar-refractivity contribution is 5.82. The van der Waals surface area contributed by atoms with Crippen LogP contribution >= 0.6 is 0 Å². The number of anilines is 2. The van der Waals surface area contributed by atoms with Gasteiger partial charge in [0.05, 0.1) is 5.41 Å². The third-order valence-electron chi connectivity index (χ3n) is 3.52. The number of rotatable bonds is 3. The van der Waals surface area contributed by atoms with Gasteiger partial charge in [-0.1, -0.05) is 0 Å². The van der Waals surface area contributed by atoms with Crippen LogP contribution in [-0.2, 0) is 11.0 Å². The van der Waals surface area contributed by atoms with Crippen molar-refractivity contribution < 1.29 is 18.0 Å². The molecular weight excluding hydrogens is 289 g/mol. The van der Waals surface area contributed by atoms with E-state index in [1.807, 2.05) is 5.43 Å². The van der Waals surface area contributed by atoms with E-state index in [1.165, 1.54) is 0 Å². The SMILES string of the molecule is CC1(C(N)=O)CCN(c2cc(C(F)(F)F)nc(NN)n2)C1. The number of nitrogens with zero attached hydrogens (tertiary/aromatic N) is 3. The standard InChI is InChI=1S/C11H15F3N6O/c1-10(8(15)21)2-3-20(5-10)7-4-6(11(12,13)14)17-9(18-7)19-16/h4H,2-3,5,16H2,1H3,(H2,15,21)(H,17,18,19). The summed E-state index contributed by atoms with van der Waals surface area (Å²) >= 11 is 0. The second kappa shape index (κ2) is 5.02. The van der Waals surface area contributed by atoms with Gasteiger partial charge in [0, 0.05) is 19.2 Å². The Morgan fingerprint density at radius 2 is 2.14 bits per heavy atom. The van der Waals surface area contributed by atoms with E-state index in [2.05, 4.69) is 9.97 Å². The number of nitrogens with one attached hydrogen (secondary N) is 1. The van der Waals surface area contributed by atoms with Crippen molar-refractivity contribution >= 4 is 17.7 Å². The third-order valence-corrected chi connectivity index (χ3v) is 3.52. The minimum absolute atomic E-state index is 0.0512. The summed E-state index contributed by atoms with van der Waals surface area (Å²) in [5.41, 5.74) is 5.43. The number of amides is 1. The smallest absolute Gasteiger partial charge is 0.369 e. The zero-order valence-electron chi connectivity index (χ0n) is 11.2. The first-order valence-electron chi connectivity index (χ1n) is 6.13. The van der Waals surface area contributed by atoms with Gasteiger partial charge in [0.1, 0.15) is 5.82 Å². The Morgan fingerprint density at radius 3 is 2.62 bits per heavy atom. The molecule has 0 saturated carbocycles. The highest BCUT2D eigenvalue weighted by Gasteiger charge is 2.40. The summed E-state index contributed by atoms with van der Waals surface area (Å²) < 4.78 is 38.4. The van der Waals surface area contributed by atoms with Crippen molar-refractivity contribution in [1.29, 1.82) is 0 Å². The van der Waals surface area contributed by atoms with E-state index >= 15 is 0 Å². The van der Waals surface area contributed by atoms with E-state index < -0.39 is 23.2 Å². The van der Waals surface area contributed by atoms with Gasteiger partial charge in [-0.25, -0.2) is 10.8 Å². The van der Waals surface area contributed by atoms with Crippen molar-refractivity contribution in [3.05, 3.63) is 11.8 Å². The molecule has 0 spiro atoms. The molecule has 1 aliphatic rings. The van der Waals surface area contributed by atoms with Gasteiger partial charge in [-0.2, -0.15) is 18.2 Å². The van der Waals surface area contributed by atoms with E-state index in [-0.39, 0.29) is 18.3 Å². The molecule has 0 aliphatic carbocycles. The van der Waals surface area contributed by atoms with Crippen molar-refractivity contribution in [2.45, 2.75) is 19.5 Å². The Balaban J connectivity index is 2.35. The Labute approximate surface area is 118 Å². The normalized spacial score (nSPS) is 22.4. The number of alkyl halides is 3. The van der Waals surface area contributed by atoms with Crippen molar-refractivity contribution in [1.82, 2.24) is 9.97 Å². The van der Waals surface area contributed by atoms with Crippen molar-refractivity contribution in [2.75, 3.05) is 23.4 Å².